The average molecular weight is 354 g/mol. The predicted molar refractivity (Wildman–Crippen MR) is 101 cm³/mol. The molecule has 3 rings (SSSR count). The summed E-state index contributed by atoms with van der Waals surface area (Å²) in [5.41, 5.74) is 3.37. The van der Waals surface area contributed by atoms with Crippen molar-refractivity contribution in [3.8, 4) is 0 Å². The van der Waals surface area contributed by atoms with E-state index >= 15 is 0 Å². The summed E-state index contributed by atoms with van der Waals surface area (Å²) in [6, 6.07) is 7.66. The smallest absolute Gasteiger partial charge is 0.339 e. The highest BCUT2D eigenvalue weighted by Crippen LogP contribution is 2.31. The summed E-state index contributed by atoms with van der Waals surface area (Å²) in [6.45, 7) is 7.02. The van der Waals surface area contributed by atoms with Crippen molar-refractivity contribution >= 4 is 22.8 Å². The second-order valence-electron chi connectivity index (χ2n) is 6.92. The lowest BCUT2D eigenvalue weighted by atomic mass is 9.84. The number of likely N-dealkylation sites (N-methyl/N-ethyl adjacent to an activating group) is 1. The minimum absolute atomic E-state index is 0.163. The van der Waals surface area contributed by atoms with Crippen LogP contribution in [0, 0.1) is 5.92 Å². The lowest BCUT2D eigenvalue weighted by Crippen LogP contribution is -2.34. The monoisotopic (exact) mass is 354 g/mol. The van der Waals surface area contributed by atoms with Crippen LogP contribution < -0.4 is 0 Å². The number of hydrogen-bond acceptors (Lipinski definition) is 4. The Morgan fingerprint density at radius 2 is 1.96 bits per heavy atom. The summed E-state index contributed by atoms with van der Waals surface area (Å²) in [4.78, 5) is 31.5. The van der Waals surface area contributed by atoms with E-state index in [1.165, 1.54) is 0 Å². The predicted octanol–water partition coefficient (Wildman–Crippen LogP) is 3.38. The normalized spacial score (nSPS) is 16.2. The number of esters is 1. The number of ether oxygens (including phenoxy) is 1. The molecule has 1 aromatic heterocycles. The molecule has 0 bridgehead atoms. The van der Waals surface area contributed by atoms with E-state index in [9.17, 15) is 9.59 Å². The van der Waals surface area contributed by atoms with Gasteiger partial charge in [0.2, 0.25) is 0 Å². The van der Waals surface area contributed by atoms with E-state index in [0.29, 0.717) is 24.6 Å². The molecular formula is C21H26N2O3. The summed E-state index contributed by atoms with van der Waals surface area (Å²) >= 11 is 0. The van der Waals surface area contributed by atoms with Crippen molar-refractivity contribution in [1.29, 1.82) is 0 Å². The molecule has 1 aliphatic rings. The first-order valence-electron chi connectivity index (χ1n) is 9.40. The Balaban J connectivity index is 1.94. The molecule has 1 atom stereocenters. The number of hydrogen-bond donors (Lipinski definition) is 0. The molecule has 1 amide bonds. The second kappa shape index (κ2) is 7.85. The second-order valence-corrected chi connectivity index (χ2v) is 6.92. The number of nitrogens with zero attached hydrogens (tertiary/aromatic N) is 2. The van der Waals surface area contributed by atoms with Gasteiger partial charge in [-0.1, -0.05) is 25.1 Å². The highest BCUT2D eigenvalue weighted by Gasteiger charge is 2.26. The van der Waals surface area contributed by atoms with Crippen LogP contribution in [-0.4, -0.2) is 41.5 Å². The maximum atomic E-state index is 12.9. The quantitative estimate of drug-likeness (QED) is 0.772. The van der Waals surface area contributed by atoms with Crippen LogP contribution in [0.4, 0.5) is 0 Å². The maximum absolute atomic E-state index is 12.9. The van der Waals surface area contributed by atoms with Crippen molar-refractivity contribution in [2.24, 2.45) is 5.92 Å². The van der Waals surface area contributed by atoms with Crippen LogP contribution in [0.1, 0.15) is 48.8 Å². The third-order valence-corrected chi connectivity index (χ3v) is 5.15. The molecule has 0 fully saturated rings. The highest BCUT2D eigenvalue weighted by atomic mass is 16.5. The van der Waals surface area contributed by atoms with Gasteiger partial charge in [0.25, 0.3) is 5.91 Å². The number of pyridine rings is 1. The van der Waals surface area contributed by atoms with E-state index in [1.807, 2.05) is 38.1 Å². The van der Waals surface area contributed by atoms with Gasteiger partial charge in [-0.2, -0.15) is 0 Å². The van der Waals surface area contributed by atoms with Crippen molar-refractivity contribution in [2.45, 2.75) is 40.0 Å². The number of carbonyl (C=O) groups is 2. The van der Waals surface area contributed by atoms with E-state index in [2.05, 4.69) is 6.92 Å². The van der Waals surface area contributed by atoms with Crippen LogP contribution in [0.15, 0.2) is 24.3 Å². The largest absolute Gasteiger partial charge is 0.452 e. The van der Waals surface area contributed by atoms with Gasteiger partial charge in [0, 0.05) is 24.2 Å². The fourth-order valence-corrected chi connectivity index (χ4v) is 3.66. The standard InChI is InChI=1S/C21H26N2O3/c1-4-23(5-2)19(24)13-26-21(25)20-15-8-6-7-9-17(15)22-18-11-10-14(3)12-16(18)20/h6-9,14H,4-5,10-13H2,1-3H3/t14-/m1/s1. The molecule has 0 N–H and O–H groups in total. The summed E-state index contributed by atoms with van der Waals surface area (Å²) in [5, 5.41) is 0.806. The number of benzene rings is 1. The van der Waals surface area contributed by atoms with E-state index in [0.717, 1.165) is 41.4 Å². The summed E-state index contributed by atoms with van der Waals surface area (Å²) in [6.07, 6.45) is 2.77. The third kappa shape index (κ3) is 3.57. The molecule has 0 unspecified atom stereocenters. The van der Waals surface area contributed by atoms with Gasteiger partial charge in [-0.25, -0.2) is 4.79 Å². The molecule has 0 aliphatic heterocycles. The number of fused-ring (bicyclic) bond motifs is 2. The third-order valence-electron chi connectivity index (χ3n) is 5.15. The number of rotatable bonds is 5. The van der Waals surface area contributed by atoms with Gasteiger partial charge in [0.05, 0.1) is 11.1 Å². The Bertz CT molecular complexity index is 827. The molecule has 5 heteroatoms. The highest BCUT2D eigenvalue weighted by molar-refractivity contribution is 6.05. The Morgan fingerprint density at radius 1 is 1.23 bits per heavy atom. The molecule has 0 spiro atoms. The molecule has 2 aromatic rings. The SMILES string of the molecule is CCN(CC)C(=O)COC(=O)c1c2c(nc3ccccc13)CC[C@@H](C)C2. The van der Waals surface area contributed by atoms with Crippen LogP contribution in [0.25, 0.3) is 10.9 Å². The minimum atomic E-state index is -0.422. The van der Waals surface area contributed by atoms with Gasteiger partial charge < -0.3 is 9.64 Å². The summed E-state index contributed by atoms with van der Waals surface area (Å²) in [5.74, 6) is -0.0762. The number of carbonyl (C=O) groups excluding carboxylic acids is 2. The van der Waals surface area contributed by atoms with E-state index < -0.39 is 5.97 Å². The molecule has 0 radical (unpaired) electrons. The molecule has 0 saturated heterocycles. The Morgan fingerprint density at radius 3 is 2.69 bits per heavy atom. The van der Waals surface area contributed by atoms with E-state index in [-0.39, 0.29) is 12.5 Å². The fraction of sp³-hybridized carbons (Fsp3) is 0.476. The molecule has 1 heterocycles. The van der Waals surface area contributed by atoms with E-state index in [1.54, 1.807) is 4.90 Å². The maximum Gasteiger partial charge on any atom is 0.339 e. The van der Waals surface area contributed by atoms with Crippen molar-refractivity contribution in [3.63, 3.8) is 0 Å². The zero-order chi connectivity index (χ0) is 18.7. The first kappa shape index (κ1) is 18.4. The summed E-state index contributed by atoms with van der Waals surface area (Å²) < 4.78 is 5.43. The van der Waals surface area contributed by atoms with Gasteiger partial charge in [-0.3, -0.25) is 9.78 Å². The number of aryl methyl sites for hydroxylation is 1. The van der Waals surface area contributed by atoms with Gasteiger partial charge in [0.15, 0.2) is 6.61 Å². The number of para-hydroxylation sites is 1. The minimum Gasteiger partial charge on any atom is -0.452 e. The first-order chi connectivity index (χ1) is 12.5. The van der Waals surface area contributed by atoms with Crippen molar-refractivity contribution in [2.75, 3.05) is 19.7 Å². The van der Waals surface area contributed by atoms with Crippen molar-refractivity contribution in [3.05, 3.63) is 41.1 Å². The van der Waals surface area contributed by atoms with Gasteiger partial charge in [-0.05, 0) is 50.7 Å². The molecule has 1 aliphatic carbocycles. The molecule has 1 aromatic carbocycles. The molecule has 0 saturated carbocycles. The Labute approximate surface area is 154 Å². The topological polar surface area (TPSA) is 59.5 Å². The summed E-state index contributed by atoms with van der Waals surface area (Å²) in [7, 11) is 0. The molecular weight excluding hydrogens is 328 g/mol. The van der Waals surface area contributed by atoms with Crippen LogP contribution >= 0.6 is 0 Å². The van der Waals surface area contributed by atoms with E-state index in [4.69, 9.17) is 9.72 Å². The van der Waals surface area contributed by atoms with Gasteiger partial charge in [0.1, 0.15) is 0 Å². The first-order valence-corrected chi connectivity index (χ1v) is 9.40. The molecule has 5 nitrogen and oxygen atoms in total. The number of amides is 1. The van der Waals surface area contributed by atoms with Crippen LogP contribution in [0.2, 0.25) is 0 Å². The zero-order valence-electron chi connectivity index (χ0n) is 15.7. The van der Waals surface area contributed by atoms with Crippen LogP contribution in [-0.2, 0) is 22.4 Å². The number of aromatic nitrogens is 1. The average Bonchev–Trinajstić information content (AvgIpc) is 2.65. The van der Waals surface area contributed by atoms with Crippen LogP contribution in [0.5, 0.6) is 0 Å². The molecule has 138 valence electrons. The van der Waals surface area contributed by atoms with Crippen molar-refractivity contribution < 1.29 is 14.3 Å². The Kier molecular flexibility index (Phi) is 5.55. The zero-order valence-corrected chi connectivity index (χ0v) is 15.7. The van der Waals surface area contributed by atoms with Gasteiger partial charge >= 0.3 is 5.97 Å². The molecule has 26 heavy (non-hydrogen) atoms. The van der Waals surface area contributed by atoms with Crippen molar-refractivity contribution in [1.82, 2.24) is 9.88 Å². The fourth-order valence-electron chi connectivity index (χ4n) is 3.66. The Hall–Kier alpha value is -2.43. The lowest BCUT2D eigenvalue weighted by molar-refractivity contribution is -0.134. The lowest BCUT2D eigenvalue weighted by Gasteiger charge is -2.24. The van der Waals surface area contributed by atoms with Gasteiger partial charge in [-0.15, -0.1) is 0 Å². The van der Waals surface area contributed by atoms with Crippen LogP contribution in [0.3, 0.4) is 0 Å².